The normalized spacial score (nSPS) is 19.5. The highest BCUT2D eigenvalue weighted by Gasteiger charge is 2.22. The van der Waals surface area contributed by atoms with E-state index in [1.54, 1.807) is 0 Å². The predicted octanol–water partition coefficient (Wildman–Crippen LogP) is 2.41. The SMILES string of the molecule is c1cc2c(cc1CN1CCc3nc(N4CCCC4)ncc3C1)OCCO2. The Hall–Kier alpha value is -2.34. The Morgan fingerprint density at radius 2 is 1.85 bits per heavy atom. The van der Waals surface area contributed by atoms with Gasteiger partial charge in [-0.2, -0.15) is 0 Å². The molecule has 4 heterocycles. The number of ether oxygens (including phenoxy) is 2. The zero-order valence-corrected chi connectivity index (χ0v) is 15.0. The molecule has 0 aliphatic carbocycles. The minimum Gasteiger partial charge on any atom is -0.486 e. The van der Waals surface area contributed by atoms with E-state index < -0.39 is 0 Å². The summed E-state index contributed by atoms with van der Waals surface area (Å²) in [6, 6.07) is 6.26. The lowest BCUT2D eigenvalue weighted by Gasteiger charge is -2.29. The fraction of sp³-hybridized carbons (Fsp3) is 0.500. The van der Waals surface area contributed by atoms with Crippen molar-refractivity contribution in [3.63, 3.8) is 0 Å². The summed E-state index contributed by atoms with van der Waals surface area (Å²) in [4.78, 5) is 14.2. The second kappa shape index (κ2) is 6.76. The first-order valence-electron chi connectivity index (χ1n) is 9.56. The Balaban J connectivity index is 1.28. The molecule has 0 bridgehead atoms. The fourth-order valence-corrected chi connectivity index (χ4v) is 4.01. The maximum absolute atomic E-state index is 5.70. The first kappa shape index (κ1) is 15.9. The minimum atomic E-state index is 0.629. The van der Waals surface area contributed by atoms with Gasteiger partial charge in [-0.15, -0.1) is 0 Å². The lowest BCUT2D eigenvalue weighted by Crippen LogP contribution is -2.31. The topological polar surface area (TPSA) is 50.7 Å². The number of benzene rings is 1. The highest BCUT2D eigenvalue weighted by atomic mass is 16.6. The molecule has 2 aromatic rings. The Labute approximate surface area is 153 Å². The lowest BCUT2D eigenvalue weighted by atomic mass is 10.1. The van der Waals surface area contributed by atoms with E-state index in [9.17, 15) is 0 Å². The van der Waals surface area contributed by atoms with Crippen molar-refractivity contribution < 1.29 is 9.47 Å². The van der Waals surface area contributed by atoms with Crippen LogP contribution in [0.5, 0.6) is 11.5 Å². The van der Waals surface area contributed by atoms with Gasteiger partial charge in [0.1, 0.15) is 13.2 Å². The fourth-order valence-electron chi connectivity index (χ4n) is 4.01. The molecule has 6 heteroatoms. The van der Waals surface area contributed by atoms with Crippen molar-refractivity contribution in [3.8, 4) is 11.5 Å². The molecule has 0 atom stereocenters. The van der Waals surface area contributed by atoms with Gasteiger partial charge in [0, 0.05) is 50.9 Å². The zero-order chi connectivity index (χ0) is 17.3. The number of hydrogen-bond donors (Lipinski definition) is 0. The van der Waals surface area contributed by atoms with Gasteiger partial charge in [0.25, 0.3) is 0 Å². The third kappa shape index (κ3) is 3.09. The summed E-state index contributed by atoms with van der Waals surface area (Å²) in [7, 11) is 0. The van der Waals surface area contributed by atoms with Crippen LogP contribution in [0.15, 0.2) is 24.4 Å². The summed E-state index contributed by atoms with van der Waals surface area (Å²) >= 11 is 0. The minimum absolute atomic E-state index is 0.629. The number of nitrogens with zero attached hydrogens (tertiary/aromatic N) is 4. The summed E-state index contributed by atoms with van der Waals surface area (Å²) in [6.07, 6.45) is 5.53. The number of anilines is 1. The van der Waals surface area contributed by atoms with Gasteiger partial charge in [0.2, 0.25) is 5.95 Å². The van der Waals surface area contributed by atoms with Crippen molar-refractivity contribution in [1.82, 2.24) is 14.9 Å². The smallest absolute Gasteiger partial charge is 0.225 e. The second-order valence-electron chi connectivity index (χ2n) is 7.27. The van der Waals surface area contributed by atoms with Crippen LogP contribution in [0, 0.1) is 0 Å². The van der Waals surface area contributed by atoms with E-state index in [0.717, 1.165) is 56.6 Å². The van der Waals surface area contributed by atoms with Gasteiger partial charge < -0.3 is 14.4 Å². The Morgan fingerprint density at radius 1 is 1.00 bits per heavy atom. The quantitative estimate of drug-likeness (QED) is 0.846. The molecule has 3 aliphatic rings. The highest BCUT2D eigenvalue weighted by Crippen LogP contribution is 2.31. The van der Waals surface area contributed by atoms with E-state index in [1.807, 2.05) is 12.3 Å². The molecule has 3 aliphatic heterocycles. The van der Waals surface area contributed by atoms with Crippen molar-refractivity contribution in [3.05, 3.63) is 41.2 Å². The highest BCUT2D eigenvalue weighted by molar-refractivity contribution is 5.44. The van der Waals surface area contributed by atoms with Crippen molar-refractivity contribution in [2.24, 2.45) is 0 Å². The molecule has 0 spiro atoms. The van der Waals surface area contributed by atoms with Crippen molar-refractivity contribution in [2.75, 3.05) is 37.7 Å². The lowest BCUT2D eigenvalue weighted by molar-refractivity contribution is 0.171. The van der Waals surface area contributed by atoms with E-state index in [4.69, 9.17) is 14.5 Å². The van der Waals surface area contributed by atoms with E-state index >= 15 is 0 Å². The molecule has 0 N–H and O–H groups in total. The summed E-state index contributed by atoms with van der Waals surface area (Å²) in [6.45, 7) is 6.29. The average molecular weight is 352 g/mol. The summed E-state index contributed by atoms with van der Waals surface area (Å²) < 4.78 is 11.3. The van der Waals surface area contributed by atoms with Gasteiger partial charge in [-0.05, 0) is 30.5 Å². The summed E-state index contributed by atoms with van der Waals surface area (Å²) in [5, 5.41) is 0. The van der Waals surface area contributed by atoms with Crippen LogP contribution in [-0.4, -0.2) is 47.7 Å². The van der Waals surface area contributed by atoms with Gasteiger partial charge in [-0.3, -0.25) is 4.90 Å². The van der Waals surface area contributed by atoms with Crippen LogP contribution in [0.1, 0.15) is 29.7 Å². The molecule has 1 aromatic carbocycles. The first-order valence-corrected chi connectivity index (χ1v) is 9.56. The molecule has 0 unspecified atom stereocenters. The zero-order valence-electron chi connectivity index (χ0n) is 15.0. The van der Waals surface area contributed by atoms with Crippen LogP contribution in [0.4, 0.5) is 5.95 Å². The number of hydrogen-bond acceptors (Lipinski definition) is 6. The molecule has 1 saturated heterocycles. The molecule has 0 radical (unpaired) electrons. The molecular weight excluding hydrogens is 328 g/mol. The maximum atomic E-state index is 5.70. The number of aromatic nitrogens is 2. The third-order valence-electron chi connectivity index (χ3n) is 5.40. The monoisotopic (exact) mass is 352 g/mol. The van der Waals surface area contributed by atoms with Crippen molar-refractivity contribution >= 4 is 5.95 Å². The first-order chi connectivity index (χ1) is 12.8. The Morgan fingerprint density at radius 3 is 2.73 bits per heavy atom. The van der Waals surface area contributed by atoms with Crippen LogP contribution < -0.4 is 14.4 Å². The van der Waals surface area contributed by atoms with Crippen LogP contribution in [-0.2, 0) is 19.5 Å². The van der Waals surface area contributed by atoms with E-state index in [0.29, 0.717) is 13.2 Å². The standard InChI is InChI=1S/C20H24N4O2/c1-2-7-24(6-1)20-21-12-16-14-23(8-5-17(16)22-20)13-15-3-4-18-19(11-15)26-10-9-25-18/h3-4,11-12H,1-2,5-10,13-14H2. The van der Waals surface area contributed by atoms with Crippen LogP contribution in [0.3, 0.4) is 0 Å². The summed E-state index contributed by atoms with van der Waals surface area (Å²) in [5.74, 6) is 2.64. The molecule has 0 amide bonds. The predicted molar refractivity (Wildman–Crippen MR) is 98.7 cm³/mol. The van der Waals surface area contributed by atoms with Gasteiger partial charge in [-0.1, -0.05) is 6.07 Å². The van der Waals surface area contributed by atoms with Crippen LogP contribution in [0.25, 0.3) is 0 Å². The van der Waals surface area contributed by atoms with Gasteiger partial charge in [-0.25, -0.2) is 9.97 Å². The van der Waals surface area contributed by atoms with Crippen LogP contribution in [0.2, 0.25) is 0 Å². The van der Waals surface area contributed by atoms with Gasteiger partial charge in [0.15, 0.2) is 11.5 Å². The molecule has 6 nitrogen and oxygen atoms in total. The van der Waals surface area contributed by atoms with E-state index in [-0.39, 0.29) is 0 Å². The molecule has 136 valence electrons. The Kier molecular flexibility index (Phi) is 4.13. The summed E-state index contributed by atoms with van der Waals surface area (Å²) in [5.41, 5.74) is 3.74. The van der Waals surface area contributed by atoms with Gasteiger partial charge in [0.05, 0.1) is 5.69 Å². The van der Waals surface area contributed by atoms with Crippen LogP contribution >= 0.6 is 0 Å². The molecule has 5 rings (SSSR count). The molecule has 0 saturated carbocycles. The van der Waals surface area contributed by atoms with Crippen molar-refractivity contribution in [2.45, 2.75) is 32.4 Å². The maximum Gasteiger partial charge on any atom is 0.225 e. The van der Waals surface area contributed by atoms with Crippen molar-refractivity contribution in [1.29, 1.82) is 0 Å². The second-order valence-corrected chi connectivity index (χ2v) is 7.27. The molecular formula is C20H24N4O2. The third-order valence-corrected chi connectivity index (χ3v) is 5.40. The Bertz CT molecular complexity index is 804. The average Bonchev–Trinajstić information content (AvgIpc) is 3.22. The van der Waals surface area contributed by atoms with E-state index in [1.165, 1.54) is 29.7 Å². The number of rotatable bonds is 3. The van der Waals surface area contributed by atoms with E-state index in [2.05, 4.69) is 26.9 Å². The number of fused-ring (bicyclic) bond motifs is 2. The molecule has 26 heavy (non-hydrogen) atoms. The molecule has 1 fully saturated rings. The largest absolute Gasteiger partial charge is 0.486 e. The van der Waals surface area contributed by atoms with Gasteiger partial charge >= 0.3 is 0 Å². The molecule has 1 aromatic heterocycles.